The van der Waals surface area contributed by atoms with Crippen LogP contribution in [-0.4, -0.2) is 80.5 Å². The number of pyridine rings is 1. The van der Waals surface area contributed by atoms with Crippen LogP contribution < -0.4 is 10.2 Å². The summed E-state index contributed by atoms with van der Waals surface area (Å²) in [7, 11) is 3.42. The van der Waals surface area contributed by atoms with E-state index in [1.807, 2.05) is 0 Å². The molecule has 3 aromatic heterocycles. The summed E-state index contributed by atoms with van der Waals surface area (Å²) in [5, 5.41) is 11.5. The van der Waals surface area contributed by atoms with Crippen molar-refractivity contribution in [3.63, 3.8) is 0 Å². The molecule has 0 aromatic carbocycles. The van der Waals surface area contributed by atoms with E-state index in [1.54, 1.807) is 41.8 Å². The second kappa shape index (κ2) is 7.65. The van der Waals surface area contributed by atoms with Crippen LogP contribution in [0.25, 0.3) is 5.65 Å². The number of hydrogen-bond donors (Lipinski definition) is 1. The zero-order valence-corrected chi connectivity index (χ0v) is 17.5. The highest BCUT2D eigenvalue weighted by atomic mass is 16.5. The normalized spacial score (nSPS) is 16.5. The number of anilines is 2. The molecular weight excluding hydrogens is 400 g/mol. The molecule has 0 unspecified atom stereocenters. The quantitative estimate of drug-likeness (QED) is 0.645. The molecule has 5 rings (SSSR count). The second-order valence-electron chi connectivity index (χ2n) is 7.86. The lowest BCUT2D eigenvalue weighted by Crippen LogP contribution is -2.36. The summed E-state index contributed by atoms with van der Waals surface area (Å²) in [5.41, 5.74) is 1.71. The summed E-state index contributed by atoms with van der Waals surface area (Å²) in [4.78, 5) is 34.1. The number of nitrogens with one attached hydrogen (secondary N) is 1. The molecule has 0 radical (unpaired) electrons. The van der Waals surface area contributed by atoms with Crippen molar-refractivity contribution in [1.29, 1.82) is 0 Å². The number of morpholine rings is 1. The lowest BCUT2D eigenvalue weighted by Gasteiger charge is -2.25. The molecule has 1 N–H and O–H groups in total. The predicted octanol–water partition coefficient (Wildman–Crippen LogP) is 0.786. The van der Waals surface area contributed by atoms with Crippen LogP contribution in [-0.2, 0) is 11.8 Å². The number of rotatable bonds is 5. The van der Waals surface area contributed by atoms with Gasteiger partial charge in [-0.15, -0.1) is 5.10 Å². The summed E-state index contributed by atoms with van der Waals surface area (Å²) in [6, 6.07) is 3.75. The van der Waals surface area contributed by atoms with Gasteiger partial charge >= 0.3 is 0 Å². The predicted molar refractivity (Wildman–Crippen MR) is 112 cm³/mol. The second-order valence-corrected chi connectivity index (χ2v) is 7.86. The fourth-order valence-corrected chi connectivity index (χ4v) is 3.72. The van der Waals surface area contributed by atoms with Gasteiger partial charge in [0.15, 0.2) is 5.65 Å². The van der Waals surface area contributed by atoms with Gasteiger partial charge < -0.3 is 19.9 Å². The van der Waals surface area contributed by atoms with Crippen LogP contribution in [0.5, 0.6) is 0 Å². The largest absolute Gasteiger partial charge is 0.378 e. The highest BCUT2D eigenvalue weighted by Crippen LogP contribution is 2.27. The lowest BCUT2D eigenvalue weighted by atomic mass is 10.2. The van der Waals surface area contributed by atoms with E-state index in [1.165, 1.54) is 10.9 Å². The molecular formula is C20H24N8O3. The van der Waals surface area contributed by atoms with E-state index in [-0.39, 0.29) is 17.6 Å². The van der Waals surface area contributed by atoms with Crippen LogP contribution in [0.15, 0.2) is 24.5 Å². The van der Waals surface area contributed by atoms with Crippen molar-refractivity contribution in [3.8, 4) is 0 Å². The number of carbonyl (C=O) groups is 2. The first-order valence-corrected chi connectivity index (χ1v) is 10.3. The molecule has 11 heteroatoms. The Morgan fingerprint density at radius 2 is 2.03 bits per heavy atom. The van der Waals surface area contributed by atoms with Crippen molar-refractivity contribution in [2.24, 2.45) is 7.05 Å². The summed E-state index contributed by atoms with van der Waals surface area (Å²) in [5.74, 6) is 0.0445. The molecule has 11 nitrogen and oxygen atoms in total. The Balaban J connectivity index is 1.37. The molecule has 2 amide bonds. The fraction of sp³-hybridized carbons (Fsp3) is 0.450. The molecule has 0 bridgehead atoms. The molecule has 2 fully saturated rings. The van der Waals surface area contributed by atoms with Gasteiger partial charge in [0.05, 0.1) is 25.0 Å². The first kappa shape index (κ1) is 19.5. The van der Waals surface area contributed by atoms with Gasteiger partial charge in [-0.2, -0.15) is 10.1 Å². The summed E-state index contributed by atoms with van der Waals surface area (Å²) in [6.07, 6.45) is 5.19. The Bertz CT molecular complexity index is 1140. The number of fused-ring (bicyclic) bond motifs is 1. The van der Waals surface area contributed by atoms with Crippen LogP contribution in [0, 0.1) is 0 Å². The van der Waals surface area contributed by atoms with Gasteiger partial charge in [-0.05, 0) is 18.9 Å². The maximum atomic E-state index is 13.0. The number of ether oxygens (including phenoxy) is 1. The van der Waals surface area contributed by atoms with E-state index < -0.39 is 5.91 Å². The van der Waals surface area contributed by atoms with Gasteiger partial charge in [-0.3, -0.25) is 14.3 Å². The van der Waals surface area contributed by atoms with Crippen molar-refractivity contribution < 1.29 is 14.3 Å². The van der Waals surface area contributed by atoms with Gasteiger partial charge in [0.2, 0.25) is 5.95 Å². The highest BCUT2D eigenvalue weighted by molar-refractivity contribution is 6.11. The van der Waals surface area contributed by atoms with Crippen molar-refractivity contribution in [2.75, 3.05) is 43.6 Å². The van der Waals surface area contributed by atoms with E-state index >= 15 is 0 Å². The maximum absolute atomic E-state index is 13.0. The van der Waals surface area contributed by atoms with E-state index in [0.717, 1.165) is 25.9 Å². The molecule has 31 heavy (non-hydrogen) atoms. The van der Waals surface area contributed by atoms with Gasteiger partial charge in [-0.25, -0.2) is 4.52 Å². The first-order chi connectivity index (χ1) is 15.0. The Morgan fingerprint density at radius 3 is 2.77 bits per heavy atom. The monoisotopic (exact) mass is 424 g/mol. The average Bonchev–Trinajstić information content (AvgIpc) is 3.43. The van der Waals surface area contributed by atoms with Crippen LogP contribution >= 0.6 is 0 Å². The minimum atomic E-state index is -0.398. The smallest absolute Gasteiger partial charge is 0.274 e. The van der Waals surface area contributed by atoms with E-state index in [2.05, 4.69) is 25.4 Å². The minimum Gasteiger partial charge on any atom is -0.378 e. The molecule has 3 aromatic rings. The Morgan fingerprint density at radius 1 is 1.26 bits per heavy atom. The zero-order valence-electron chi connectivity index (χ0n) is 17.5. The summed E-state index contributed by atoms with van der Waals surface area (Å²) < 4.78 is 8.47. The number of aryl methyl sites for hydroxylation is 1. The van der Waals surface area contributed by atoms with E-state index in [9.17, 15) is 9.59 Å². The lowest BCUT2D eigenvalue weighted by molar-refractivity contribution is 0.0779. The molecule has 0 spiro atoms. The van der Waals surface area contributed by atoms with E-state index in [0.29, 0.717) is 36.1 Å². The van der Waals surface area contributed by atoms with Gasteiger partial charge in [0.25, 0.3) is 11.8 Å². The SMILES string of the molecule is CN(C(=O)c1cnn(C)c1C(=O)Nc1ccn2nc(N3CCOCC3)nc2c1)C1CC1. The van der Waals surface area contributed by atoms with E-state index in [4.69, 9.17) is 4.74 Å². The van der Waals surface area contributed by atoms with Crippen LogP contribution in [0.1, 0.15) is 33.7 Å². The molecule has 1 saturated carbocycles. The molecule has 162 valence electrons. The van der Waals surface area contributed by atoms with Gasteiger partial charge in [0, 0.05) is 51.2 Å². The molecule has 1 saturated heterocycles. The van der Waals surface area contributed by atoms with Crippen molar-refractivity contribution >= 4 is 29.1 Å². The number of amides is 2. The van der Waals surface area contributed by atoms with Crippen LogP contribution in [0.3, 0.4) is 0 Å². The van der Waals surface area contributed by atoms with Crippen LogP contribution in [0.4, 0.5) is 11.6 Å². The summed E-state index contributed by atoms with van der Waals surface area (Å²) in [6.45, 7) is 2.79. The number of nitrogens with zero attached hydrogens (tertiary/aromatic N) is 7. The van der Waals surface area contributed by atoms with Gasteiger partial charge in [0.1, 0.15) is 5.69 Å². The average molecular weight is 424 g/mol. The van der Waals surface area contributed by atoms with Crippen LogP contribution in [0.2, 0.25) is 0 Å². The molecule has 1 aliphatic heterocycles. The van der Waals surface area contributed by atoms with Crippen molar-refractivity contribution in [1.82, 2.24) is 29.3 Å². The number of aromatic nitrogens is 5. The third-order valence-electron chi connectivity index (χ3n) is 5.68. The standard InChI is InChI=1S/C20H24N8O3/c1-25(14-3-4-14)19(30)15-12-21-26(2)17(15)18(29)22-13-5-6-28-16(11-13)23-20(24-28)27-7-9-31-10-8-27/h5-6,11-12,14H,3-4,7-10H2,1-2H3,(H,22,29). The number of hydrogen-bond acceptors (Lipinski definition) is 7. The third kappa shape index (κ3) is 3.72. The topological polar surface area (TPSA) is 110 Å². The van der Waals surface area contributed by atoms with Crippen molar-refractivity contribution in [3.05, 3.63) is 35.8 Å². The molecule has 4 heterocycles. The Labute approximate surface area is 178 Å². The maximum Gasteiger partial charge on any atom is 0.274 e. The Hall–Kier alpha value is -3.47. The molecule has 2 aliphatic rings. The Kier molecular flexibility index (Phi) is 4.81. The zero-order chi connectivity index (χ0) is 21.5. The number of carbonyl (C=O) groups excluding carboxylic acids is 2. The minimum absolute atomic E-state index is 0.191. The van der Waals surface area contributed by atoms with Crippen molar-refractivity contribution in [2.45, 2.75) is 18.9 Å². The molecule has 0 atom stereocenters. The van der Waals surface area contributed by atoms with Gasteiger partial charge in [-0.1, -0.05) is 0 Å². The molecule has 1 aliphatic carbocycles. The summed E-state index contributed by atoms with van der Waals surface area (Å²) >= 11 is 0. The highest BCUT2D eigenvalue weighted by Gasteiger charge is 2.33. The fourth-order valence-electron chi connectivity index (χ4n) is 3.72. The third-order valence-corrected chi connectivity index (χ3v) is 5.68. The first-order valence-electron chi connectivity index (χ1n) is 10.3.